The van der Waals surface area contributed by atoms with Crippen molar-refractivity contribution in [3.8, 4) is 5.75 Å². The van der Waals surface area contributed by atoms with Gasteiger partial charge in [-0.2, -0.15) is 0 Å². The second-order valence-electron chi connectivity index (χ2n) is 11.8. The molecule has 1 atom stereocenters. The molecule has 0 radical (unpaired) electrons. The Balaban J connectivity index is 1.72. The van der Waals surface area contributed by atoms with Crippen LogP contribution in [-0.4, -0.2) is 73.0 Å². The van der Waals surface area contributed by atoms with E-state index in [0.717, 1.165) is 21.1 Å². The van der Waals surface area contributed by atoms with Crippen molar-refractivity contribution in [2.45, 2.75) is 78.3 Å². The molecule has 0 aliphatic carbocycles. The predicted octanol–water partition coefficient (Wildman–Crippen LogP) is 3.28. The Labute approximate surface area is 245 Å². The number of thiophene rings is 1. The molecule has 14 heteroatoms. The number of ether oxygens (including phenoxy) is 2. The SMILES string of the molecule is CC(C)(C)OC(=O)C(=O)Nc1sc2c(c1C(=O)OC(C)(C)C)CC(C(=O)N1Cc3cccc(O)c3C1=O)N(C(=O)O)C2. The number of amides is 4. The third-order valence-electron chi connectivity index (χ3n) is 6.31. The first kappa shape index (κ1) is 30.5. The van der Waals surface area contributed by atoms with E-state index in [2.05, 4.69) is 5.32 Å². The number of rotatable bonds is 3. The van der Waals surface area contributed by atoms with E-state index in [1.165, 1.54) is 12.1 Å². The van der Waals surface area contributed by atoms with Crippen LogP contribution in [0.4, 0.5) is 9.80 Å². The van der Waals surface area contributed by atoms with Crippen molar-refractivity contribution in [3.05, 3.63) is 45.3 Å². The number of esters is 2. The van der Waals surface area contributed by atoms with Crippen LogP contribution in [0.5, 0.6) is 5.75 Å². The minimum Gasteiger partial charge on any atom is -0.507 e. The van der Waals surface area contributed by atoms with E-state index in [0.29, 0.717) is 10.4 Å². The molecular formula is C28H31N3O10S. The van der Waals surface area contributed by atoms with E-state index in [1.807, 2.05) is 0 Å². The van der Waals surface area contributed by atoms with Crippen LogP contribution >= 0.6 is 11.3 Å². The molecule has 1 aromatic carbocycles. The largest absolute Gasteiger partial charge is 0.507 e. The van der Waals surface area contributed by atoms with Crippen molar-refractivity contribution in [2.75, 3.05) is 5.32 Å². The molecule has 0 fully saturated rings. The summed E-state index contributed by atoms with van der Waals surface area (Å²) < 4.78 is 10.7. The number of hydrogen-bond donors (Lipinski definition) is 3. The number of phenolic OH excluding ortho intramolecular Hbond substituents is 1. The minimum atomic E-state index is -1.45. The second kappa shape index (κ2) is 10.7. The fraction of sp³-hybridized carbons (Fsp3) is 0.429. The quantitative estimate of drug-likeness (QED) is 0.268. The van der Waals surface area contributed by atoms with Gasteiger partial charge in [0, 0.05) is 11.3 Å². The van der Waals surface area contributed by atoms with Gasteiger partial charge in [-0.15, -0.1) is 11.3 Å². The smallest absolute Gasteiger partial charge is 0.408 e. The van der Waals surface area contributed by atoms with Crippen molar-refractivity contribution < 1.29 is 48.5 Å². The molecule has 0 bridgehead atoms. The third-order valence-corrected chi connectivity index (χ3v) is 7.44. The Hall–Kier alpha value is -4.46. The summed E-state index contributed by atoms with van der Waals surface area (Å²) in [5.41, 5.74) is -1.43. The Morgan fingerprint density at radius 1 is 1.00 bits per heavy atom. The number of nitrogens with zero attached hydrogens (tertiary/aromatic N) is 2. The summed E-state index contributed by atoms with van der Waals surface area (Å²) in [6, 6.07) is 3.00. The fourth-order valence-electron chi connectivity index (χ4n) is 4.66. The van der Waals surface area contributed by atoms with E-state index in [9.17, 15) is 39.0 Å². The summed E-state index contributed by atoms with van der Waals surface area (Å²) in [5.74, 6) is -5.12. The summed E-state index contributed by atoms with van der Waals surface area (Å²) in [4.78, 5) is 79.5. The van der Waals surface area contributed by atoms with Gasteiger partial charge >= 0.3 is 23.9 Å². The molecule has 2 aliphatic heterocycles. The highest BCUT2D eigenvalue weighted by Gasteiger charge is 2.45. The fourth-order valence-corrected chi connectivity index (χ4v) is 5.87. The Morgan fingerprint density at radius 2 is 1.64 bits per heavy atom. The van der Waals surface area contributed by atoms with E-state index in [-0.39, 0.29) is 47.0 Å². The number of imide groups is 1. The molecule has 4 rings (SSSR count). The third kappa shape index (κ3) is 6.08. The number of aromatic hydroxyl groups is 1. The molecule has 13 nitrogen and oxygen atoms in total. The summed E-state index contributed by atoms with van der Waals surface area (Å²) >= 11 is 0.869. The highest BCUT2D eigenvalue weighted by molar-refractivity contribution is 7.17. The Morgan fingerprint density at radius 3 is 2.21 bits per heavy atom. The van der Waals surface area contributed by atoms with Crippen LogP contribution < -0.4 is 5.32 Å². The molecule has 4 amide bonds. The lowest BCUT2D eigenvalue weighted by molar-refractivity contribution is -0.161. The zero-order valence-corrected chi connectivity index (χ0v) is 24.7. The Kier molecular flexibility index (Phi) is 7.80. The number of fused-ring (bicyclic) bond motifs is 2. The average molecular weight is 602 g/mol. The number of phenols is 1. The van der Waals surface area contributed by atoms with Gasteiger partial charge < -0.3 is 25.0 Å². The number of carbonyl (C=O) groups is 6. The molecule has 42 heavy (non-hydrogen) atoms. The first-order valence-electron chi connectivity index (χ1n) is 13.0. The number of hydrogen-bond acceptors (Lipinski definition) is 10. The van der Waals surface area contributed by atoms with Crippen LogP contribution in [0.3, 0.4) is 0 Å². The van der Waals surface area contributed by atoms with Crippen molar-refractivity contribution in [1.82, 2.24) is 9.80 Å². The van der Waals surface area contributed by atoms with Crippen molar-refractivity contribution in [2.24, 2.45) is 0 Å². The molecule has 2 aliphatic rings. The number of nitrogens with one attached hydrogen (secondary N) is 1. The number of carbonyl (C=O) groups excluding carboxylic acids is 5. The van der Waals surface area contributed by atoms with E-state index in [1.54, 1.807) is 47.6 Å². The van der Waals surface area contributed by atoms with Crippen molar-refractivity contribution >= 4 is 52.1 Å². The second-order valence-corrected chi connectivity index (χ2v) is 12.9. The molecule has 3 heterocycles. The summed E-state index contributed by atoms with van der Waals surface area (Å²) in [6.07, 6.45) is -1.77. The average Bonchev–Trinajstić information content (AvgIpc) is 3.38. The molecule has 2 aromatic rings. The van der Waals surface area contributed by atoms with Gasteiger partial charge in [0.2, 0.25) is 0 Å². The van der Waals surface area contributed by atoms with Gasteiger partial charge in [-0.1, -0.05) is 12.1 Å². The minimum absolute atomic E-state index is 0.0404. The van der Waals surface area contributed by atoms with Gasteiger partial charge in [0.05, 0.1) is 24.2 Å². The zero-order valence-electron chi connectivity index (χ0n) is 23.9. The van der Waals surface area contributed by atoms with Gasteiger partial charge in [-0.3, -0.25) is 24.2 Å². The maximum absolute atomic E-state index is 13.7. The number of benzene rings is 1. The monoisotopic (exact) mass is 601 g/mol. The normalized spacial score (nSPS) is 16.4. The maximum atomic E-state index is 13.7. The molecule has 1 unspecified atom stereocenters. The number of carboxylic acid groups (broad SMARTS) is 1. The van der Waals surface area contributed by atoms with Crippen LogP contribution in [0, 0.1) is 0 Å². The van der Waals surface area contributed by atoms with Crippen LogP contribution in [0.15, 0.2) is 18.2 Å². The molecule has 3 N–H and O–H groups in total. The van der Waals surface area contributed by atoms with Crippen LogP contribution in [0.25, 0.3) is 0 Å². The standard InChI is InChI=1S/C28H31N3O10S/c1-27(2,3)40-24(36)19-14-10-15(22(34)31-11-13-8-7-9-16(32)18(13)23(31)35)30(26(38)39)12-17(14)42-21(19)29-20(33)25(37)41-28(4,5)6/h7-9,15,32H,10-12H2,1-6H3,(H,29,33)(H,38,39). The molecular weight excluding hydrogens is 570 g/mol. The highest BCUT2D eigenvalue weighted by Crippen LogP contribution is 2.41. The van der Waals surface area contributed by atoms with Crippen molar-refractivity contribution in [3.63, 3.8) is 0 Å². The van der Waals surface area contributed by atoms with Gasteiger partial charge in [0.1, 0.15) is 28.0 Å². The first-order chi connectivity index (χ1) is 19.4. The summed E-state index contributed by atoms with van der Waals surface area (Å²) in [6.45, 7) is 9.13. The van der Waals surface area contributed by atoms with Gasteiger partial charge in [-0.05, 0) is 58.7 Å². The lowest BCUT2D eigenvalue weighted by Gasteiger charge is -2.34. The molecule has 0 spiro atoms. The first-order valence-corrected chi connectivity index (χ1v) is 13.8. The molecule has 224 valence electrons. The summed E-state index contributed by atoms with van der Waals surface area (Å²) in [5, 5.41) is 22.5. The van der Waals surface area contributed by atoms with Crippen LogP contribution in [0.2, 0.25) is 0 Å². The lowest BCUT2D eigenvalue weighted by Crippen LogP contribution is -2.53. The van der Waals surface area contributed by atoms with Gasteiger partial charge in [-0.25, -0.2) is 14.4 Å². The Bertz CT molecular complexity index is 1510. The van der Waals surface area contributed by atoms with E-state index >= 15 is 0 Å². The van der Waals surface area contributed by atoms with E-state index < -0.39 is 53.0 Å². The summed E-state index contributed by atoms with van der Waals surface area (Å²) in [7, 11) is 0. The van der Waals surface area contributed by atoms with Crippen LogP contribution in [0.1, 0.15) is 78.3 Å². The topological polar surface area (TPSA) is 180 Å². The van der Waals surface area contributed by atoms with Crippen molar-refractivity contribution in [1.29, 1.82) is 0 Å². The predicted molar refractivity (Wildman–Crippen MR) is 148 cm³/mol. The maximum Gasteiger partial charge on any atom is 0.408 e. The van der Waals surface area contributed by atoms with Crippen LogP contribution in [-0.2, 0) is 43.4 Å². The zero-order chi connectivity index (χ0) is 31.3. The van der Waals surface area contributed by atoms with Gasteiger partial charge in [0.25, 0.3) is 11.8 Å². The molecule has 1 aromatic heterocycles. The van der Waals surface area contributed by atoms with E-state index in [4.69, 9.17) is 9.47 Å². The molecule has 0 saturated carbocycles. The lowest BCUT2D eigenvalue weighted by atomic mass is 9.95. The highest BCUT2D eigenvalue weighted by atomic mass is 32.1. The molecule has 0 saturated heterocycles. The van der Waals surface area contributed by atoms with Gasteiger partial charge in [0.15, 0.2) is 0 Å². The number of anilines is 1.